The maximum atomic E-state index is 12.1. The molecule has 1 amide bonds. The van der Waals surface area contributed by atoms with E-state index < -0.39 is 0 Å². The summed E-state index contributed by atoms with van der Waals surface area (Å²) in [6.45, 7) is 5.77. The predicted octanol–water partition coefficient (Wildman–Crippen LogP) is 2.85. The number of hydrogen-bond donors (Lipinski definition) is 2. The van der Waals surface area contributed by atoms with Gasteiger partial charge in [-0.05, 0) is 31.6 Å². The van der Waals surface area contributed by atoms with E-state index in [1.807, 2.05) is 6.92 Å². The molecule has 1 aliphatic rings. The molecule has 5 nitrogen and oxygen atoms in total. The van der Waals surface area contributed by atoms with Gasteiger partial charge in [-0.1, -0.05) is 26.2 Å². The van der Waals surface area contributed by atoms with Crippen molar-refractivity contribution in [2.45, 2.75) is 46.0 Å². The Morgan fingerprint density at radius 2 is 1.90 bits per heavy atom. The van der Waals surface area contributed by atoms with Crippen LogP contribution in [0.3, 0.4) is 0 Å². The third-order valence-corrected chi connectivity index (χ3v) is 4.32. The molecule has 0 bridgehead atoms. The van der Waals surface area contributed by atoms with Crippen molar-refractivity contribution in [1.82, 2.24) is 15.3 Å². The molecule has 0 radical (unpaired) electrons. The summed E-state index contributed by atoms with van der Waals surface area (Å²) >= 11 is 0. The molecule has 1 fully saturated rings. The minimum absolute atomic E-state index is 0.125. The highest BCUT2D eigenvalue weighted by molar-refractivity contribution is 5.92. The van der Waals surface area contributed by atoms with Gasteiger partial charge in [-0.15, -0.1) is 0 Å². The Hall–Kier alpha value is -1.65. The molecule has 21 heavy (non-hydrogen) atoms. The van der Waals surface area contributed by atoms with Crippen LogP contribution in [0.25, 0.3) is 0 Å². The topological polar surface area (TPSA) is 66.9 Å². The van der Waals surface area contributed by atoms with Gasteiger partial charge in [0.2, 0.25) is 0 Å². The van der Waals surface area contributed by atoms with E-state index in [1.165, 1.54) is 38.3 Å². The van der Waals surface area contributed by atoms with Crippen LogP contribution in [-0.4, -0.2) is 29.0 Å². The van der Waals surface area contributed by atoms with Crippen LogP contribution in [0, 0.1) is 11.8 Å². The molecule has 2 rings (SSSR count). The summed E-state index contributed by atoms with van der Waals surface area (Å²) in [4.78, 5) is 20.4. The largest absolute Gasteiger partial charge is 0.369 e. The number of anilines is 1. The third kappa shape index (κ3) is 4.69. The number of rotatable bonds is 6. The fraction of sp³-hybridized carbons (Fsp3) is 0.688. The van der Waals surface area contributed by atoms with E-state index in [0.717, 1.165) is 19.0 Å². The van der Waals surface area contributed by atoms with Crippen LogP contribution in [0.5, 0.6) is 0 Å². The van der Waals surface area contributed by atoms with Gasteiger partial charge in [0.1, 0.15) is 11.5 Å². The monoisotopic (exact) mass is 290 g/mol. The second-order valence-corrected chi connectivity index (χ2v) is 5.82. The lowest BCUT2D eigenvalue weighted by molar-refractivity contribution is 0.0936. The van der Waals surface area contributed by atoms with E-state index in [0.29, 0.717) is 17.4 Å². The third-order valence-electron chi connectivity index (χ3n) is 4.32. The lowest BCUT2D eigenvalue weighted by atomic mass is 9.81. The molecule has 0 spiro atoms. The van der Waals surface area contributed by atoms with Crippen molar-refractivity contribution < 1.29 is 4.79 Å². The van der Waals surface area contributed by atoms with Crippen LogP contribution in [0.4, 0.5) is 5.82 Å². The molecule has 5 heteroatoms. The average Bonchev–Trinajstić information content (AvgIpc) is 2.53. The molecule has 0 unspecified atom stereocenters. The number of amides is 1. The number of aromatic nitrogens is 2. The van der Waals surface area contributed by atoms with Crippen LogP contribution < -0.4 is 10.6 Å². The first-order valence-corrected chi connectivity index (χ1v) is 8.07. The van der Waals surface area contributed by atoms with Crippen LogP contribution in [-0.2, 0) is 0 Å². The summed E-state index contributed by atoms with van der Waals surface area (Å²) < 4.78 is 0. The predicted molar refractivity (Wildman–Crippen MR) is 84.3 cm³/mol. The molecule has 0 atom stereocenters. The zero-order valence-corrected chi connectivity index (χ0v) is 13.1. The Morgan fingerprint density at radius 1 is 1.19 bits per heavy atom. The van der Waals surface area contributed by atoms with Crippen molar-refractivity contribution in [3.63, 3.8) is 0 Å². The van der Waals surface area contributed by atoms with E-state index in [1.54, 1.807) is 6.20 Å². The van der Waals surface area contributed by atoms with Gasteiger partial charge in [0.15, 0.2) is 0 Å². The van der Waals surface area contributed by atoms with Crippen molar-refractivity contribution in [3.8, 4) is 0 Å². The fourth-order valence-corrected chi connectivity index (χ4v) is 2.91. The summed E-state index contributed by atoms with van der Waals surface area (Å²) in [7, 11) is 0. The van der Waals surface area contributed by atoms with Crippen molar-refractivity contribution in [2.75, 3.05) is 18.4 Å². The van der Waals surface area contributed by atoms with E-state index in [4.69, 9.17) is 0 Å². The van der Waals surface area contributed by atoms with E-state index in [9.17, 15) is 4.79 Å². The van der Waals surface area contributed by atoms with Crippen molar-refractivity contribution in [1.29, 1.82) is 0 Å². The fourth-order valence-electron chi connectivity index (χ4n) is 2.91. The Balaban J connectivity index is 1.80. The molecule has 1 heterocycles. The van der Waals surface area contributed by atoms with Gasteiger partial charge in [-0.25, -0.2) is 4.98 Å². The molecule has 2 N–H and O–H groups in total. The number of carbonyl (C=O) groups is 1. The normalized spacial score (nSPS) is 21.8. The molecule has 1 aromatic heterocycles. The first kappa shape index (κ1) is 15.7. The summed E-state index contributed by atoms with van der Waals surface area (Å²) in [6.07, 6.45) is 9.48. The van der Waals surface area contributed by atoms with Gasteiger partial charge < -0.3 is 10.6 Å². The summed E-state index contributed by atoms with van der Waals surface area (Å²) in [5.74, 6) is 2.02. The zero-order valence-electron chi connectivity index (χ0n) is 13.1. The van der Waals surface area contributed by atoms with E-state index >= 15 is 0 Å². The van der Waals surface area contributed by atoms with Crippen molar-refractivity contribution in [3.05, 3.63) is 18.1 Å². The minimum atomic E-state index is -0.125. The molecule has 1 aromatic rings. The van der Waals surface area contributed by atoms with Gasteiger partial charge in [0.25, 0.3) is 5.91 Å². The molecule has 0 saturated heterocycles. The van der Waals surface area contributed by atoms with E-state index in [-0.39, 0.29) is 5.91 Å². The first-order chi connectivity index (χ1) is 10.2. The van der Waals surface area contributed by atoms with Crippen molar-refractivity contribution >= 4 is 11.7 Å². The van der Waals surface area contributed by atoms with Gasteiger partial charge in [0.05, 0.1) is 12.4 Å². The molecule has 1 saturated carbocycles. The van der Waals surface area contributed by atoms with Crippen LogP contribution in [0.1, 0.15) is 56.4 Å². The maximum absolute atomic E-state index is 12.1. The Morgan fingerprint density at radius 3 is 2.57 bits per heavy atom. The molecule has 1 aliphatic carbocycles. The second-order valence-electron chi connectivity index (χ2n) is 5.82. The first-order valence-electron chi connectivity index (χ1n) is 8.07. The number of nitrogens with one attached hydrogen (secondary N) is 2. The SMILES string of the molecule is CCNc1cncc(C(=O)NCC2CCC(CC)CC2)n1. The molecule has 116 valence electrons. The highest BCUT2D eigenvalue weighted by Gasteiger charge is 2.20. The average molecular weight is 290 g/mol. The molecule has 0 aromatic carbocycles. The van der Waals surface area contributed by atoms with Gasteiger partial charge >= 0.3 is 0 Å². The van der Waals surface area contributed by atoms with Gasteiger partial charge in [0, 0.05) is 13.1 Å². The lowest BCUT2D eigenvalue weighted by Gasteiger charge is -2.27. The molecular formula is C16H26N4O. The lowest BCUT2D eigenvalue weighted by Crippen LogP contribution is -2.32. The van der Waals surface area contributed by atoms with Crippen LogP contribution in [0.15, 0.2) is 12.4 Å². The molecule has 0 aliphatic heterocycles. The van der Waals surface area contributed by atoms with Crippen LogP contribution in [0.2, 0.25) is 0 Å². The Kier molecular flexibility index (Phi) is 5.96. The molecular weight excluding hydrogens is 264 g/mol. The second kappa shape index (κ2) is 7.96. The zero-order chi connectivity index (χ0) is 15.1. The number of nitrogens with zero attached hydrogens (tertiary/aromatic N) is 2. The highest BCUT2D eigenvalue weighted by Crippen LogP contribution is 2.30. The van der Waals surface area contributed by atoms with Gasteiger partial charge in [-0.2, -0.15) is 0 Å². The maximum Gasteiger partial charge on any atom is 0.271 e. The summed E-state index contributed by atoms with van der Waals surface area (Å²) in [5, 5.41) is 6.07. The standard InChI is InChI=1S/C16H26N4O/c1-3-12-5-7-13(8-6-12)9-19-16(21)14-10-17-11-15(20-14)18-4-2/h10-13H,3-9H2,1-2H3,(H,18,20)(H,19,21). The van der Waals surface area contributed by atoms with Gasteiger partial charge in [-0.3, -0.25) is 9.78 Å². The number of carbonyl (C=O) groups excluding carboxylic acids is 1. The summed E-state index contributed by atoms with van der Waals surface area (Å²) in [6, 6.07) is 0. The smallest absolute Gasteiger partial charge is 0.271 e. The highest BCUT2D eigenvalue weighted by atomic mass is 16.1. The Bertz CT molecular complexity index is 455. The Labute approximate surface area is 127 Å². The minimum Gasteiger partial charge on any atom is -0.369 e. The number of hydrogen-bond acceptors (Lipinski definition) is 4. The van der Waals surface area contributed by atoms with Crippen LogP contribution >= 0.6 is 0 Å². The van der Waals surface area contributed by atoms with E-state index in [2.05, 4.69) is 27.5 Å². The quantitative estimate of drug-likeness (QED) is 0.845. The summed E-state index contributed by atoms with van der Waals surface area (Å²) in [5.41, 5.74) is 0.385. The van der Waals surface area contributed by atoms with Crippen molar-refractivity contribution in [2.24, 2.45) is 11.8 Å².